The maximum atomic E-state index is 12.1. The van der Waals surface area contributed by atoms with Crippen molar-refractivity contribution in [3.63, 3.8) is 0 Å². The van der Waals surface area contributed by atoms with Gasteiger partial charge in [0.25, 0.3) is 5.69 Å². The number of carbonyl (C=O) groups is 1. The van der Waals surface area contributed by atoms with E-state index < -0.39 is 4.92 Å². The van der Waals surface area contributed by atoms with E-state index in [-0.39, 0.29) is 11.5 Å². The van der Waals surface area contributed by atoms with Gasteiger partial charge in [-0.1, -0.05) is 24.3 Å². The van der Waals surface area contributed by atoms with Crippen molar-refractivity contribution >= 4 is 27.4 Å². The van der Waals surface area contributed by atoms with Crippen LogP contribution in [0.3, 0.4) is 0 Å². The van der Waals surface area contributed by atoms with Gasteiger partial charge < -0.3 is 0 Å². The van der Waals surface area contributed by atoms with Crippen LogP contribution in [0.25, 0.3) is 11.1 Å². The first-order chi connectivity index (χ1) is 8.59. The Morgan fingerprint density at radius 1 is 1.00 bits per heavy atom. The summed E-state index contributed by atoms with van der Waals surface area (Å²) in [6.07, 6.45) is 0. The van der Waals surface area contributed by atoms with Gasteiger partial charge in [0.2, 0.25) is 0 Å². The summed E-state index contributed by atoms with van der Waals surface area (Å²) in [7, 11) is 0. The zero-order valence-electron chi connectivity index (χ0n) is 9.01. The Bertz CT molecular complexity index is 709. The molecule has 4 nitrogen and oxygen atoms in total. The Kier molecular flexibility index (Phi) is 2.31. The maximum Gasteiger partial charge on any atom is 0.284 e. The Morgan fingerprint density at radius 2 is 1.67 bits per heavy atom. The Labute approximate surface area is 111 Å². The summed E-state index contributed by atoms with van der Waals surface area (Å²) in [5.74, 6) is -0.156. The van der Waals surface area contributed by atoms with Crippen LogP contribution in [0.15, 0.2) is 40.9 Å². The van der Waals surface area contributed by atoms with Crippen LogP contribution in [0.2, 0.25) is 0 Å². The fraction of sp³-hybridized carbons (Fsp3) is 0. The number of nitro groups is 1. The van der Waals surface area contributed by atoms with Gasteiger partial charge in [0.1, 0.15) is 0 Å². The van der Waals surface area contributed by atoms with Crippen molar-refractivity contribution in [1.29, 1.82) is 0 Å². The van der Waals surface area contributed by atoms with Crippen molar-refractivity contribution in [2.45, 2.75) is 0 Å². The smallest absolute Gasteiger partial charge is 0.284 e. The average Bonchev–Trinajstić information content (AvgIpc) is 2.62. The van der Waals surface area contributed by atoms with Gasteiger partial charge in [-0.3, -0.25) is 14.9 Å². The first-order valence-corrected chi connectivity index (χ1v) is 6.01. The molecule has 2 aromatic rings. The predicted molar refractivity (Wildman–Crippen MR) is 69.7 cm³/mol. The minimum Gasteiger partial charge on any atom is -0.289 e. The number of hydrogen-bond acceptors (Lipinski definition) is 3. The lowest BCUT2D eigenvalue weighted by molar-refractivity contribution is -0.385. The summed E-state index contributed by atoms with van der Waals surface area (Å²) in [5.41, 5.74) is 2.47. The van der Waals surface area contributed by atoms with Crippen LogP contribution in [0, 0.1) is 10.1 Å². The summed E-state index contributed by atoms with van der Waals surface area (Å²) in [6, 6.07) is 10.2. The highest BCUT2D eigenvalue weighted by atomic mass is 79.9. The van der Waals surface area contributed by atoms with Crippen molar-refractivity contribution in [3.8, 4) is 11.1 Å². The van der Waals surface area contributed by atoms with E-state index in [1.54, 1.807) is 18.2 Å². The topological polar surface area (TPSA) is 60.2 Å². The number of benzene rings is 2. The van der Waals surface area contributed by atoms with Gasteiger partial charge in [-0.05, 0) is 33.1 Å². The predicted octanol–water partition coefficient (Wildman–Crippen LogP) is 3.57. The van der Waals surface area contributed by atoms with E-state index in [9.17, 15) is 14.9 Å². The molecule has 88 valence electrons. The summed E-state index contributed by atoms with van der Waals surface area (Å²) in [4.78, 5) is 22.5. The molecule has 5 heteroatoms. The number of nitrogens with zero attached hydrogens (tertiary/aromatic N) is 1. The van der Waals surface area contributed by atoms with E-state index in [0.717, 1.165) is 11.1 Å². The Hall–Kier alpha value is -2.01. The molecule has 0 aromatic heterocycles. The number of ketones is 1. The van der Waals surface area contributed by atoms with Crippen LogP contribution in [0.1, 0.15) is 15.9 Å². The quantitative estimate of drug-likeness (QED) is 0.510. The molecular weight excluding hydrogens is 298 g/mol. The normalized spacial score (nSPS) is 12.2. The number of fused-ring (bicyclic) bond motifs is 3. The van der Waals surface area contributed by atoms with Crippen molar-refractivity contribution in [1.82, 2.24) is 0 Å². The molecular formula is C13H6BrNO3. The third-order valence-electron chi connectivity index (χ3n) is 2.99. The minimum atomic E-state index is -0.499. The molecule has 0 unspecified atom stereocenters. The minimum absolute atomic E-state index is 0.0880. The van der Waals surface area contributed by atoms with Gasteiger partial charge in [0, 0.05) is 17.2 Å². The molecule has 0 radical (unpaired) electrons. The van der Waals surface area contributed by atoms with Gasteiger partial charge >= 0.3 is 0 Å². The van der Waals surface area contributed by atoms with Gasteiger partial charge in [-0.2, -0.15) is 0 Å². The highest BCUT2D eigenvalue weighted by Gasteiger charge is 2.29. The van der Waals surface area contributed by atoms with Gasteiger partial charge in [-0.15, -0.1) is 0 Å². The molecule has 0 N–H and O–H groups in total. The second kappa shape index (κ2) is 3.74. The van der Waals surface area contributed by atoms with Crippen LogP contribution in [-0.4, -0.2) is 10.7 Å². The number of nitro benzene ring substituents is 1. The molecule has 0 saturated carbocycles. The summed E-state index contributed by atoms with van der Waals surface area (Å²) < 4.78 is 0.385. The van der Waals surface area contributed by atoms with Crippen LogP contribution >= 0.6 is 15.9 Å². The lowest BCUT2D eigenvalue weighted by Crippen LogP contribution is -1.97. The molecule has 0 atom stereocenters. The van der Waals surface area contributed by atoms with Gasteiger partial charge in [0.15, 0.2) is 5.78 Å². The molecule has 1 aliphatic carbocycles. The standard InChI is InChI=1S/C13H6BrNO3/c14-11-5-9-7-3-1-2-4-8(7)13(16)10(9)6-12(11)15(17)18/h1-6H. The molecule has 0 amide bonds. The number of hydrogen-bond donors (Lipinski definition) is 0. The van der Waals surface area contributed by atoms with E-state index in [2.05, 4.69) is 15.9 Å². The summed E-state index contributed by atoms with van der Waals surface area (Å²) in [6.45, 7) is 0. The third kappa shape index (κ3) is 1.41. The van der Waals surface area contributed by atoms with Gasteiger partial charge in [0.05, 0.1) is 9.40 Å². The zero-order valence-corrected chi connectivity index (χ0v) is 10.6. The van der Waals surface area contributed by atoms with Crippen molar-refractivity contribution < 1.29 is 9.72 Å². The molecule has 1 aliphatic rings. The monoisotopic (exact) mass is 303 g/mol. The molecule has 0 aliphatic heterocycles. The zero-order chi connectivity index (χ0) is 12.9. The molecule has 3 rings (SSSR count). The SMILES string of the molecule is O=C1c2ccccc2-c2cc(Br)c([N+](=O)[O-])cc21. The fourth-order valence-electron chi connectivity index (χ4n) is 2.17. The lowest BCUT2D eigenvalue weighted by Gasteiger charge is -2.01. The highest BCUT2D eigenvalue weighted by Crippen LogP contribution is 2.41. The van der Waals surface area contributed by atoms with Crippen LogP contribution in [0.5, 0.6) is 0 Å². The first-order valence-electron chi connectivity index (χ1n) is 5.21. The summed E-state index contributed by atoms with van der Waals surface area (Å²) >= 11 is 3.17. The number of carbonyl (C=O) groups excluding carboxylic acids is 1. The second-order valence-corrected chi connectivity index (χ2v) is 4.84. The van der Waals surface area contributed by atoms with Gasteiger partial charge in [-0.25, -0.2) is 0 Å². The Morgan fingerprint density at radius 3 is 2.33 bits per heavy atom. The fourth-order valence-corrected chi connectivity index (χ4v) is 2.66. The molecule has 0 saturated heterocycles. The van der Waals surface area contributed by atoms with E-state index in [4.69, 9.17) is 0 Å². The van der Waals surface area contributed by atoms with Crippen LogP contribution in [0.4, 0.5) is 5.69 Å². The number of halogens is 1. The van der Waals surface area contributed by atoms with E-state index >= 15 is 0 Å². The third-order valence-corrected chi connectivity index (χ3v) is 3.63. The van der Waals surface area contributed by atoms with Crippen LogP contribution < -0.4 is 0 Å². The lowest BCUT2D eigenvalue weighted by atomic mass is 10.1. The second-order valence-electron chi connectivity index (χ2n) is 3.98. The molecule has 0 spiro atoms. The largest absolute Gasteiger partial charge is 0.289 e. The molecule has 0 bridgehead atoms. The highest BCUT2D eigenvalue weighted by molar-refractivity contribution is 9.10. The van der Waals surface area contributed by atoms with Crippen molar-refractivity contribution in [2.24, 2.45) is 0 Å². The van der Waals surface area contributed by atoms with Crippen LogP contribution in [-0.2, 0) is 0 Å². The average molecular weight is 304 g/mol. The molecule has 18 heavy (non-hydrogen) atoms. The first kappa shape index (κ1) is 11.1. The number of rotatable bonds is 1. The van der Waals surface area contributed by atoms with Crippen molar-refractivity contribution in [3.05, 3.63) is 62.1 Å². The Balaban J connectivity index is 2.33. The molecule has 2 aromatic carbocycles. The van der Waals surface area contributed by atoms with E-state index in [0.29, 0.717) is 15.6 Å². The molecule has 0 heterocycles. The molecule has 0 fully saturated rings. The van der Waals surface area contributed by atoms with E-state index in [1.165, 1.54) is 6.07 Å². The van der Waals surface area contributed by atoms with Crippen molar-refractivity contribution in [2.75, 3.05) is 0 Å². The van der Waals surface area contributed by atoms with E-state index in [1.807, 2.05) is 12.1 Å². The maximum absolute atomic E-state index is 12.1. The summed E-state index contributed by atoms with van der Waals surface area (Å²) in [5, 5.41) is 10.9.